The fourth-order valence-corrected chi connectivity index (χ4v) is 2.67. The molecule has 0 amide bonds. The number of Topliss-reactive ketones (excluding diaryl/α,β-unsaturated/α-hetero) is 1. The average molecular weight is 265 g/mol. The second-order valence-electron chi connectivity index (χ2n) is 4.63. The lowest BCUT2D eigenvalue weighted by Gasteiger charge is -2.14. The van der Waals surface area contributed by atoms with Crippen LogP contribution in [-0.4, -0.2) is 30.0 Å². The standard InChI is InChI=1S/C14H19NO4/c1-4-19-14(17)12-9(2)15(8-18-3)13-10(12)6-5-7-11(13)16/h4-8H2,1-3H3. The van der Waals surface area contributed by atoms with Crippen LogP contribution in [0.3, 0.4) is 0 Å². The van der Waals surface area contributed by atoms with Crippen molar-refractivity contribution in [2.75, 3.05) is 13.7 Å². The number of ether oxygens (including phenoxy) is 2. The van der Waals surface area contributed by atoms with Crippen LogP contribution in [0.25, 0.3) is 0 Å². The van der Waals surface area contributed by atoms with Crippen LogP contribution in [0.1, 0.15) is 51.9 Å². The molecule has 1 aliphatic carbocycles. The number of hydrogen-bond acceptors (Lipinski definition) is 4. The third-order valence-electron chi connectivity index (χ3n) is 3.46. The van der Waals surface area contributed by atoms with E-state index in [9.17, 15) is 9.59 Å². The van der Waals surface area contributed by atoms with Crippen LogP contribution in [0.2, 0.25) is 0 Å². The number of carbonyl (C=O) groups is 2. The molecule has 0 radical (unpaired) electrons. The van der Waals surface area contributed by atoms with Crippen LogP contribution in [0.4, 0.5) is 0 Å². The number of ketones is 1. The van der Waals surface area contributed by atoms with Crippen molar-refractivity contribution in [3.63, 3.8) is 0 Å². The summed E-state index contributed by atoms with van der Waals surface area (Å²) in [6.07, 6.45) is 2.06. The molecule has 5 nitrogen and oxygen atoms in total. The van der Waals surface area contributed by atoms with E-state index in [4.69, 9.17) is 9.47 Å². The topological polar surface area (TPSA) is 57.5 Å². The van der Waals surface area contributed by atoms with Gasteiger partial charge in [0.1, 0.15) is 6.73 Å². The molecule has 0 atom stereocenters. The Hall–Kier alpha value is -1.62. The number of fused-ring (bicyclic) bond motifs is 1. The zero-order valence-electron chi connectivity index (χ0n) is 11.6. The van der Waals surface area contributed by atoms with E-state index >= 15 is 0 Å². The van der Waals surface area contributed by atoms with E-state index in [-0.39, 0.29) is 18.5 Å². The van der Waals surface area contributed by atoms with Crippen LogP contribution in [0, 0.1) is 6.92 Å². The summed E-state index contributed by atoms with van der Waals surface area (Å²) in [5.74, 6) is -0.266. The van der Waals surface area contributed by atoms with Gasteiger partial charge < -0.3 is 14.0 Å². The molecule has 1 heterocycles. The molecule has 0 N–H and O–H groups in total. The molecular formula is C14H19NO4. The van der Waals surface area contributed by atoms with Crippen molar-refractivity contribution in [1.29, 1.82) is 0 Å². The molecule has 19 heavy (non-hydrogen) atoms. The summed E-state index contributed by atoms with van der Waals surface area (Å²) < 4.78 is 12.0. The van der Waals surface area contributed by atoms with Crippen molar-refractivity contribution in [1.82, 2.24) is 4.57 Å². The average Bonchev–Trinajstić information content (AvgIpc) is 2.65. The highest BCUT2D eigenvalue weighted by atomic mass is 16.5. The van der Waals surface area contributed by atoms with Crippen molar-refractivity contribution in [3.8, 4) is 0 Å². The highest BCUT2D eigenvalue weighted by Crippen LogP contribution is 2.30. The summed E-state index contributed by atoms with van der Waals surface area (Å²) >= 11 is 0. The Balaban J connectivity index is 2.58. The Bertz CT molecular complexity index is 516. The first-order chi connectivity index (χ1) is 9.11. The minimum atomic E-state index is -0.346. The molecule has 0 fully saturated rings. The maximum atomic E-state index is 12.1. The summed E-state index contributed by atoms with van der Waals surface area (Å²) in [6.45, 7) is 4.21. The van der Waals surface area contributed by atoms with Crippen molar-refractivity contribution in [3.05, 3.63) is 22.5 Å². The molecular weight excluding hydrogens is 246 g/mol. The highest BCUT2D eigenvalue weighted by molar-refractivity contribution is 6.03. The lowest BCUT2D eigenvalue weighted by Crippen LogP contribution is -2.17. The maximum absolute atomic E-state index is 12.1. The second-order valence-corrected chi connectivity index (χ2v) is 4.63. The van der Waals surface area contributed by atoms with Crippen molar-refractivity contribution < 1.29 is 19.1 Å². The zero-order chi connectivity index (χ0) is 14.0. The lowest BCUT2D eigenvalue weighted by atomic mass is 9.93. The molecule has 0 aromatic carbocycles. The van der Waals surface area contributed by atoms with Crippen LogP contribution >= 0.6 is 0 Å². The van der Waals surface area contributed by atoms with Gasteiger partial charge in [0.2, 0.25) is 0 Å². The SMILES string of the molecule is CCOC(=O)c1c2c(n(COC)c1C)C(=O)CCC2. The Kier molecular flexibility index (Phi) is 4.04. The third-order valence-corrected chi connectivity index (χ3v) is 3.46. The Morgan fingerprint density at radius 3 is 2.74 bits per heavy atom. The van der Waals surface area contributed by atoms with Gasteiger partial charge in [0.05, 0.1) is 17.9 Å². The fourth-order valence-electron chi connectivity index (χ4n) is 2.67. The van der Waals surface area contributed by atoms with Gasteiger partial charge in [-0.3, -0.25) is 4.79 Å². The molecule has 0 saturated carbocycles. The molecule has 0 aliphatic heterocycles. The highest BCUT2D eigenvalue weighted by Gasteiger charge is 2.31. The lowest BCUT2D eigenvalue weighted by molar-refractivity contribution is 0.0523. The monoisotopic (exact) mass is 265 g/mol. The van der Waals surface area contributed by atoms with Gasteiger partial charge >= 0.3 is 5.97 Å². The number of aromatic nitrogens is 1. The van der Waals surface area contributed by atoms with Crippen LogP contribution in [0.5, 0.6) is 0 Å². The second kappa shape index (κ2) is 5.57. The molecule has 5 heteroatoms. The van der Waals surface area contributed by atoms with Gasteiger partial charge in [-0.25, -0.2) is 4.79 Å². The van der Waals surface area contributed by atoms with Crippen LogP contribution in [0.15, 0.2) is 0 Å². The van der Waals surface area contributed by atoms with Gasteiger partial charge in [-0.2, -0.15) is 0 Å². The van der Waals surface area contributed by atoms with Gasteiger partial charge in [0.25, 0.3) is 0 Å². The summed E-state index contributed by atoms with van der Waals surface area (Å²) in [7, 11) is 1.57. The summed E-state index contributed by atoms with van der Waals surface area (Å²) in [6, 6.07) is 0. The van der Waals surface area contributed by atoms with Gasteiger partial charge in [-0.1, -0.05) is 0 Å². The molecule has 2 rings (SSSR count). The van der Waals surface area contributed by atoms with E-state index in [2.05, 4.69) is 0 Å². The van der Waals surface area contributed by atoms with Gasteiger partial charge in [0.15, 0.2) is 5.78 Å². The molecule has 0 bridgehead atoms. The number of carbonyl (C=O) groups excluding carboxylic acids is 2. The number of rotatable bonds is 4. The van der Waals surface area contributed by atoms with E-state index in [1.54, 1.807) is 18.6 Å². The predicted octanol–water partition coefficient (Wildman–Crippen LogP) is 2.10. The van der Waals surface area contributed by atoms with E-state index in [1.807, 2.05) is 6.92 Å². The van der Waals surface area contributed by atoms with E-state index in [1.165, 1.54) is 0 Å². The van der Waals surface area contributed by atoms with Crippen molar-refractivity contribution in [2.24, 2.45) is 0 Å². The Morgan fingerprint density at radius 2 is 2.11 bits per heavy atom. The number of hydrogen-bond donors (Lipinski definition) is 0. The molecule has 0 saturated heterocycles. The largest absolute Gasteiger partial charge is 0.462 e. The smallest absolute Gasteiger partial charge is 0.340 e. The zero-order valence-corrected chi connectivity index (χ0v) is 11.6. The number of nitrogens with zero attached hydrogens (tertiary/aromatic N) is 1. The maximum Gasteiger partial charge on any atom is 0.340 e. The molecule has 104 valence electrons. The molecule has 1 aromatic heterocycles. The quantitative estimate of drug-likeness (QED) is 0.782. The number of esters is 1. The van der Waals surface area contributed by atoms with Crippen LogP contribution < -0.4 is 0 Å². The van der Waals surface area contributed by atoms with Gasteiger partial charge in [-0.05, 0) is 32.3 Å². The molecule has 0 spiro atoms. The van der Waals surface area contributed by atoms with Crippen LogP contribution in [-0.2, 0) is 22.6 Å². The van der Waals surface area contributed by atoms with Crippen molar-refractivity contribution >= 4 is 11.8 Å². The molecule has 1 aromatic rings. The van der Waals surface area contributed by atoms with Gasteiger partial charge in [0, 0.05) is 19.2 Å². The third kappa shape index (κ3) is 2.30. The minimum Gasteiger partial charge on any atom is -0.462 e. The van der Waals surface area contributed by atoms with Crippen molar-refractivity contribution in [2.45, 2.75) is 39.8 Å². The molecule has 1 aliphatic rings. The van der Waals surface area contributed by atoms with E-state index in [0.717, 1.165) is 24.1 Å². The first-order valence-corrected chi connectivity index (χ1v) is 6.53. The molecule has 0 unspecified atom stereocenters. The fraction of sp³-hybridized carbons (Fsp3) is 0.571. The van der Waals surface area contributed by atoms with Gasteiger partial charge in [-0.15, -0.1) is 0 Å². The minimum absolute atomic E-state index is 0.0805. The predicted molar refractivity (Wildman–Crippen MR) is 69.4 cm³/mol. The summed E-state index contributed by atoms with van der Waals surface area (Å²) in [4.78, 5) is 24.2. The van der Waals surface area contributed by atoms with E-state index in [0.29, 0.717) is 24.3 Å². The first kappa shape index (κ1) is 13.8. The Labute approximate surface area is 112 Å². The van der Waals surface area contributed by atoms with E-state index < -0.39 is 0 Å². The Morgan fingerprint density at radius 1 is 1.37 bits per heavy atom. The normalized spacial score (nSPS) is 14.4. The first-order valence-electron chi connectivity index (χ1n) is 6.53. The summed E-state index contributed by atoms with van der Waals surface area (Å²) in [5.41, 5.74) is 2.74. The number of methoxy groups -OCH3 is 1. The summed E-state index contributed by atoms with van der Waals surface area (Å²) in [5, 5.41) is 0.